The Kier molecular flexibility index (Phi) is 4.14. The molecule has 1 heterocycles. The van der Waals surface area contributed by atoms with Crippen LogP contribution in [-0.4, -0.2) is 22.4 Å². The zero-order chi connectivity index (χ0) is 10.6. The number of rotatable bonds is 5. The Morgan fingerprint density at radius 1 is 1.50 bits per heavy atom. The third kappa shape index (κ3) is 3.14. The smallest absolute Gasteiger partial charge is 0.0596 e. The standard InChI is InChI=1S/C11H21N3/c1-5-12-9(2)6-7-14-11(4)8-10(3)13-14/h8-9,12H,5-7H2,1-4H3. The molecule has 1 aromatic heterocycles. The summed E-state index contributed by atoms with van der Waals surface area (Å²) in [6, 6.07) is 2.70. The van der Waals surface area contributed by atoms with E-state index in [0.29, 0.717) is 6.04 Å². The van der Waals surface area contributed by atoms with E-state index in [2.05, 4.69) is 41.9 Å². The van der Waals surface area contributed by atoms with E-state index in [1.165, 1.54) is 5.69 Å². The topological polar surface area (TPSA) is 29.9 Å². The van der Waals surface area contributed by atoms with Crippen molar-refractivity contribution in [2.24, 2.45) is 0 Å². The number of hydrogen-bond acceptors (Lipinski definition) is 2. The van der Waals surface area contributed by atoms with Gasteiger partial charge in [0.1, 0.15) is 0 Å². The van der Waals surface area contributed by atoms with Crippen LogP contribution in [0.2, 0.25) is 0 Å². The quantitative estimate of drug-likeness (QED) is 0.777. The summed E-state index contributed by atoms with van der Waals surface area (Å²) in [5, 5.41) is 7.83. The van der Waals surface area contributed by atoms with Gasteiger partial charge in [0.25, 0.3) is 0 Å². The predicted molar refractivity (Wildman–Crippen MR) is 59.5 cm³/mol. The Morgan fingerprint density at radius 2 is 2.21 bits per heavy atom. The van der Waals surface area contributed by atoms with Gasteiger partial charge in [0.05, 0.1) is 5.69 Å². The van der Waals surface area contributed by atoms with Gasteiger partial charge in [-0.15, -0.1) is 0 Å². The van der Waals surface area contributed by atoms with Gasteiger partial charge in [0.2, 0.25) is 0 Å². The average molecular weight is 195 g/mol. The molecular weight excluding hydrogens is 174 g/mol. The number of aromatic nitrogens is 2. The van der Waals surface area contributed by atoms with Gasteiger partial charge < -0.3 is 5.32 Å². The third-order valence-electron chi connectivity index (χ3n) is 2.43. The van der Waals surface area contributed by atoms with Crippen molar-refractivity contribution in [2.45, 2.75) is 46.7 Å². The van der Waals surface area contributed by atoms with E-state index >= 15 is 0 Å². The highest BCUT2D eigenvalue weighted by Gasteiger charge is 2.03. The van der Waals surface area contributed by atoms with Crippen molar-refractivity contribution in [3.8, 4) is 0 Å². The number of nitrogens with one attached hydrogen (secondary N) is 1. The third-order valence-corrected chi connectivity index (χ3v) is 2.43. The van der Waals surface area contributed by atoms with Crippen molar-refractivity contribution in [2.75, 3.05) is 6.54 Å². The molecule has 0 amide bonds. The summed E-state index contributed by atoms with van der Waals surface area (Å²) in [5.41, 5.74) is 2.37. The van der Waals surface area contributed by atoms with Crippen LogP contribution in [0.25, 0.3) is 0 Å². The molecule has 80 valence electrons. The van der Waals surface area contributed by atoms with Crippen LogP contribution in [0.1, 0.15) is 31.7 Å². The van der Waals surface area contributed by atoms with Crippen molar-refractivity contribution in [1.29, 1.82) is 0 Å². The van der Waals surface area contributed by atoms with Crippen LogP contribution >= 0.6 is 0 Å². The highest BCUT2D eigenvalue weighted by Crippen LogP contribution is 2.03. The molecule has 0 aromatic carbocycles. The first-order valence-corrected chi connectivity index (χ1v) is 5.38. The maximum Gasteiger partial charge on any atom is 0.0596 e. The van der Waals surface area contributed by atoms with E-state index in [9.17, 15) is 0 Å². The first kappa shape index (κ1) is 11.2. The molecule has 0 aliphatic carbocycles. The van der Waals surface area contributed by atoms with E-state index in [1.807, 2.05) is 6.92 Å². The van der Waals surface area contributed by atoms with E-state index in [1.54, 1.807) is 0 Å². The monoisotopic (exact) mass is 195 g/mol. The minimum absolute atomic E-state index is 0.573. The van der Waals surface area contributed by atoms with Gasteiger partial charge in [0.15, 0.2) is 0 Å². The highest BCUT2D eigenvalue weighted by atomic mass is 15.3. The van der Waals surface area contributed by atoms with Gasteiger partial charge in [-0.2, -0.15) is 5.10 Å². The van der Waals surface area contributed by atoms with Crippen LogP contribution in [0.4, 0.5) is 0 Å². The van der Waals surface area contributed by atoms with Gasteiger partial charge in [-0.1, -0.05) is 6.92 Å². The summed E-state index contributed by atoms with van der Waals surface area (Å²) in [4.78, 5) is 0. The molecule has 3 heteroatoms. The van der Waals surface area contributed by atoms with E-state index in [-0.39, 0.29) is 0 Å². The van der Waals surface area contributed by atoms with Gasteiger partial charge in [-0.3, -0.25) is 4.68 Å². The molecule has 0 saturated heterocycles. The van der Waals surface area contributed by atoms with E-state index in [4.69, 9.17) is 0 Å². The predicted octanol–water partition coefficient (Wildman–Crippen LogP) is 1.89. The molecule has 1 rings (SSSR count). The lowest BCUT2D eigenvalue weighted by Crippen LogP contribution is -2.27. The van der Waals surface area contributed by atoms with Gasteiger partial charge in [-0.05, 0) is 39.8 Å². The molecule has 0 fully saturated rings. The molecule has 0 aliphatic rings. The molecule has 0 aliphatic heterocycles. The molecule has 1 atom stereocenters. The lowest BCUT2D eigenvalue weighted by molar-refractivity contribution is 0.462. The van der Waals surface area contributed by atoms with Crippen molar-refractivity contribution in [3.63, 3.8) is 0 Å². The zero-order valence-corrected chi connectivity index (χ0v) is 9.67. The summed E-state index contributed by atoms with van der Waals surface area (Å²) in [6.45, 7) is 10.6. The fourth-order valence-corrected chi connectivity index (χ4v) is 1.67. The summed E-state index contributed by atoms with van der Waals surface area (Å²) < 4.78 is 2.09. The van der Waals surface area contributed by atoms with Crippen molar-refractivity contribution in [3.05, 3.63) is 17.5 Å². The number of hydrogen-bond donors (Lipinski definition) is 1. The molecule has 0 saturated carbocycles. The largest absolute Gasteiger partial charge is 0.314 e. The van der Waals surface area contributed by atoms with Crippen LogP contribution in [0.5, 0.6) is 0 Å². The van der Waals surface area contributed by atoms with Crippen LogP contribution < -0.4 is 5.32 Å². The Bertz CT molecular complexity index is 278. The first-order valence-electron chi connectivity index (χ1n) is 5.38. The average Bonchev–Trinajstić information content (AvgIpc) is 2.42. The second kappa shape index (κ2) is 5.15. The maximum atomic E-state index is 4.43. The summed E-state index contributed by atoms with van der Waals surface area (Å²) in [7, 11) is 0. The van der Waals surface area contributed by atoms with Gasteiger partial charge in [0, 0.05) is 18.3 Å². The Labute approximate surface area is 86.5 Å². The van der Waals surface area contributed by atoms with Crippen LogP contribution in [-0.2, 0) is 6.54 Å². The zero-order valence-electron chi connectivity index (χ0n) is 9.67. The highest BCUT2D eigenvalue weighted by molar-refractivity contribution is 5.06. The summed E-state index contributed by atoms with van der Waals surface area (Å²) in [6.07, 6.45) is 1.13. The molecule has 3 nitrogen and oxygen atoms in total. The minimum atomic E-state index is 0.573. The van der Waals surface area contributed by atoms with Crippen LogP contribution in [0.15, 0.2) is 6.07 Å². The molecule has 14 heavy (non-hydrogen) atoms. The number of nitrogens with zero attached hydrogens (tertiary/aromatic N) is 2. The summed E-state index contributed by atoms with van der Waals surface area (Å²) in [5.74, 6) is 0. The lowest BCUT2D eigenvalue weighted by atomic mass is 10.2. The second-order valence-corrected chi connectivity index (χ2v) is 3.90. The minimum Gasteiger partial charge on any atom is -0.314 e. The molecule has 1 unspecified atom stereocenters. The lowest BCUT2D eigenvalue weighted by Gasteiger charge is -2.12. The molecular formula is C11H21N3. The Morgan fingerprint density at radius 3 is 2.71 bits per heavy atom. The fraction of sp³-hybridized carbons (Fsp3) is 0.727. The molecule has 0 bridgehead atoms. The van der Waals surface area contributed by atoms with Crippen molar-refractivity contribution in [1.82, 2.24) is 15.1 Å². The molecule has 1 aromatic rings. The maximum absolute atomic E-state index is 4.43. The van der Waals surface area contributed by atoms with Gasteiger partial charge >= 0.3 is 0 Å². The van der Waals surface area contributed by atoms with Crippen molar-refractivity contribution < 1.29 is 0 Å². The summed E-state index contributed by atoms with van der Waals surface area (Å²) >= 11 is 0. The second-order valence-electron chi connectivity index (χ2n) is 3.90. The first-order chi connectivity index (χ1) is 6.63. The van der Waals surface area contributed by atoms with Crippen LogP contribution in [0, 0.1) is 13.8 Å². The molecule has 0 radical (unpaired) electrons. The normalized spacial score (nSPS) is 13.1. The van der Waals surface area contributed by atoms with E-state index in [0.717, 1.165) is 25.2 Å². The van der Waals surface area contributed by atoms with Crippen molar-refractivity contribution >= 4 is 0 Å². The van der Waals surface area contributed by atoms with Gasteiger partial charge in [-0.25, -0.2) is 0 Å². The fourth-order valence-electron chi connectivity index (χ4n) is 1.67. The van der Waals surface area contributed by atoms with E-state index < -0.39 is 0 Å². The Hall–Kier alpha value is -0.830. The molecule has 0 spiro atoms. The van der Waals surface area contributed by atoms with Crippen LogP contribution in [0.3, 0.4) is 0 Å². The number of aryl methyl sites for hydroxylation is 3. The SMILES string of the molecule is CCNC(C)CCn1nc(C)cc1C. The molecule has 1 N–H and O–H groups in total. The Balaban J connectivity index is 2.41.